The van der Waals surface area contributed by atoms with Crippen LogP contribution in [0.15, 0.2) is 34.6 Å². The van der Waals surface area contributed by atoms with Crippen molar-refractivity contribution in [1.82, 2.24) is 14.8 Å². The van der Waals surface area contributed by atoms with Gasteiger partial charge in [-0.25, -0.2) is 4.68 Å². The van der Waals surface area contributed by atoms with Crippen LogP contribution in [0.3, 0.4) is 0 Å². The third kappa shape index (κ3) is 4.37. The van der Waals surface area contributed by atoms with Crippen molar-refractivity contribution in [3.63, 3.8) is 0 Å². The molecule has 4 rings (SSSR count). The van der Waals surface area contributed by atoms with Gasteiger partial charge in [0.25, 0.3) is 0 Å². The number of unbranched alkanes of at least 4 members (excludes halogenated alkanes) is 1. The highest BCUT2D eigenvalue weighted by Gasteiger charge is 2.42. The lowest BCUT2D eigenvalue weighted by Crippen LogP contribution is -2.36. The Hall–Kier alpha value is -2.48. The van der Waals surface area contributed by atoms with Crippen LogP contribution in [0, 0.1) is 5.41 Å². The summed E-state index contributed by atoms with van der Waals surface area (Å²) in [7, 11) is 1.63. The summed E-state index contributed by atoms with van der Waals surface area (Å²) >= 11 is 1.66. The number of fused-ring (bicyclic) bond motifs is 1. The van der Waals surface area contributed by atoms with Gasteiger partial charge in [-0.2, -0.15) is 4.98 Å². The molecule has 0 radical (unpaired) electrons. The number of carbonyl (C=O) groups is 1. The second-order valence-corrected chi connectivity index (χ2v) is 10.1. The zero-order valence-electron chi connectivity index (χ0n) is 19.5. The number of nitrogens with one attached hydrogen (secondary N) is 1. The SMILES string of the molecule is CCCCSc1nc2n(n1)C(c1ccc(OCC)c(OC)c1)C1=C(CC(C)(C)CC1=O)N2. The highest BCUT2D eigenvalue weighted by atomic mass is 32.2. The molecule has 0 saturated carbocycles. The smallest absolute Gasteiger partial charge is 0.227 e. The lowest BCUT2D eigenvalue weighted by Gasteiger charge is -2.38. The molecule has 1 atom stereocenters. The van der Waals surface area contributed by atoms with Crippen molar-refractivity contribution in [1.29, 1.82) is 0 Å². The molecule has 2 aliphatic rings. The first kappa shape index (κ1) is 22.7. The van der Waals surface area contributed by atoms with Gasteiger partial charge in [0, 0.05) is 23.4 Å². The third-order valence-electron chi connectivity index (χ3n) is 5.84. The zero-order valence-corrected chi connectivity index (χ0v) is 20.3. The molecule has 1 unspecified atom stereocenters. The summed E-state index contributed by atoms with van der Waals surface area (Å²) in [6, 6.07) is 5.51. The topological polar surface area (TPSA) is 78.3 Å². The van der Waals surface area contributed by atoms with Gasteiger partial charge in [-0.05, 0) is 42.9 Å². The molecule has 0 spiro atoms. The summed E-state index contributed by atoms with van der Waals surface area (Å²) in [6.45, 7) is 8.94. The summed E-state index contributed by atoms with van der Waals surface area (Å²) in [6.07, 6.45) is 3.56. The van der Waals surface area contributed by atoms with Crippen LogP contribution in [0.1, 0.15) is 65.0 Å². The number of benzene rings is 1. The molecule has 8 heteroatoms. The monoisotopic (exact) mass is 456 g/mol. The van der Waals surface area contributed by atoms with E-state index in [0.29, 0.717) is 30.5 Å². The van der Waals surface area contributed by atoms with Gasteiger partial charge in [-0.3, -0.25) is 4.79 Å². The van der Waals surface area contributed by atoms with Crippen molar-refractivity contribution in [2.24, 2.45) is 5.41 Å². The molecule has 0 fully saturated rings. The molecular weight excluding hydrogens is 424 g/mol. The van der Waals surface area contributed by atoms with E-state index < -0.39 is 0 Å². The van der Waals surface area contributed by atoms with Gasteiger partial charge in [-0.1, -0.05) is 45.0 Å². The molecule has 1 aliphatic carbocycles. The molecule has 0 bridgehead atoms. The fourth-order valence-electron chi connectivity index (χ4n) is 4.40. The average molecular weight is 457 g/mol. The van der Waals surface area contributed by atoms with Crippen LogP contribution in [0.5, 0.6) is 11.5 Å². The number of methoxy groups -OCH3 is 1. The molecular formula is C24H32N4O3S. The van der Waals surface area contributed by atoms with Crippen LogP contribution in [0.2, 0.25) is 0 Å². The summed E-state index contributed by atoms with van der Waals surface area (Å²) < 4.78 is 13.2. The minimum absolute atomic E-state index is 0.0924. The predicted molar refractivity (Wildman–Crippen MR) is 127 cm³/mol. The maximum absolute atomic E-state index is 13.4. The number of thioether (sulfide) groups is 1. The van der Waals surface area contributed by atoms with E-state index in [1.54, 1.807) is 18.9 Å². The lowest BCUT2D eigenvalue weighted by molar-refractivity contribution is -0.118. The number of ketones is 1. The number of nitrogens with zero attached hydrogens (tertiary/aromatic N) is 3. The van der Waals surface area contributed by atoms with Crippen LogP contribution >= 0.6 is 11.8 Å². The van der Waals surface area contributed by atoms with E-state index in [-0.39, 0.29) is 17.2 Å². The molecule has 1 aromatic carbocycles. The van der Waals surface area contributed by atoms with Crippen molar-refractivity contribution in [3.05, 3.63) is 35.0 Å². The number of carbonyl (C=O) groups excluding carboxylic acids is 1. The first-order chi connectivity index (χ1) is 15.4. The standard InChI is InChI=1S/C24H32N4O3S/c1-6-8-11-32-23-26-22-25-16-13-24(3,4)14-17(29)20(16)21(28(22)27-23)15-9-10-18(31-7-2)19(12-15)30-5/h9-10,12,21H,6-8,11,13-14H2,1-5H3,(H,25,26,27). The molecule has 0 saturated heterocycles. The van der Waals surface area contributed by atoms with Gasteiger partial charge in [0.15, 0.2) is 17.3 Å². The number of anilines is 1. The zero-order chi connectivity index (χ0) is 22.9. The highest BCUT2D eigenvalue weighted by molar-refractivity contribution is 7.99. The fraction of sp³-hybridized carbons (Fsp3) is 0.542. The Kier molecular flexibility index (Phi) is 6.51. The molecule has 2 aromatic rings. The summed E-state index contributed by atoms with van der Waals surface area (Å²) in [5, 5.41) is 8.97. The molecule has 2 heterocycles. The third-order valence-corrected chi connectivity index (χ3v) is 6.77. The Balaban J connectivity index is 1.80. The molecule has 172 valence electrons. The summed E-state index contributed by atoms with van der Waals surface area (Å²) in [5.74, 6) is 3.15. The molecule has 7 nitrogen and oxygen atoms in total. The van der Waals surface area contributed by atoms with Crippen LogP contribution < -0.4 is 14.8 Å². The van der Waals surface area contributed by atoms with Gasteiger partial charge in [0.1, 0.15) is 6.04 Å². The Morgan fingerprint density at radius 1 is 1.25 bits per heavy atom. The predicted octanol–water partition coefficient (Wildman–Crippen LogP) is 5.24. The number of rotatable bonds is 8. The van der Waals surface area contributed by atoms with Crippen molar-refractivity contribution in [2.45, 2.75) is 64.6 Å². The Morgan fingerprint density at radius 3 is 2.78 bits per heavy atom. The van der Waals surface area contributed by atoms with Crippen LogP contribution in [0.4, 0.5) is 5.95 Å². The Labute approximate surface area is 194 Å². The first-order valence-corrected chi connectivity index (χ1v) is 12.3. The average Bonchev–Trinajstić information content (AvgIpc) is 3.14. The van der Waals surface area contributed by atoms with Gasteiger partial charge >= 0.3 is 0 Å². The molecule has 1 N–H and O–H groups in total. The van der Waals surface area contributed by atoms with Gasteiger partial charge in [-0.15, -0.1) is 5.10 Å². The van der Waals surface area contributed by atoms with Crippen LogP contribution in [-0.4, -0.2) is 40.0 Å². The number of Topliss-reactive ketones (excluding diaryl/α,β-unsaturated/α-hetero) is 1. The minimum atomic E-state index is -0.345. The number of ether oxygens (including phenoxy) is 2. The number of allylic oxidation sites excluding steroid dienone is 2. The van der Waals surface area contributed by atoms with Crippen molar-refractivity contribution in [3.8, 4) is 11.5 Å². The van der Waals surface area contributed by atoms with E-state index in [0.717, 1.165) is 47.0 Å². The molecule has 32 heavy (non-hydrogen) atoms. The number of hydrogen-bond donors (Lipinski definition) is 1. The van der Waals surface area contributed by atoms with Crippen molar-refractivity contribution >= 4 is 23.5 Å². The van der Waals surface area contributed by atoms with E-state index in [2.05, 4.69) is 26.1 Å². The van der Waals surface area contributed by atoms with E-state index >= 15 is 0 Å². The van der Waals surface area contributed by atoms with Gasteiger partial charge in [0.2, 0.25) is 11.1 Å². The van der Waals surface area contributed by atoms with Crippen molar-refractivity contribution < 1.29 is 14.3 Å². The van der Waals surface area contributed by atoms with E-state index in [1.807, 2.05) is 29.8 Å². The van der Waals surface area contributed by atoms with Gasteiger partial charge < -0.3 is 14.8 Å². The largest absolute Gasteiger partial charge is 0.493 e. The van der Waals surface area contributed by atoms with Crippen LogP contribution in [-0.2, 0) is 4.79 Å². The van der Waals surface area contributed by atoms with Gasteiger partial charge in [0.05, 0.1) is 13.7 Å². The normalized spacial score (nSPS) is 19.3. The number of aromatic nitrogens is 3. The van der Waals surface area contributed by atoms with Crippen molar-refractivity contribution in [2.75, 3.05) is 24.8 Å². The quantitative estimate of drug-likeness (QED) is 0.430. The minimum Gasteiger partial charge on any atom is -0.493 e. The summed E-state index contributed by atoms with van der Waals surface area (Å²) in [5.41, 5.74) is 2.57. The molecule has 1 aliphatic heterocycles. The fourth-order valence-corrected chi connectivity index (χ4v) is 5.31. The maximum atomic E-state index is 13.4. The highest BCUT2D eigenvalue weighted by Crippen LogP contribution is 2.46. The van der Waals surface area contributed by atoms with E-state index in [4.69, 9.17) is 19.6 Å². The van der Waals surface area contributed by atoms with E-state index in [1.165, 1.54) is 0 Å². The Bertz CT molecular complexity index is 1040. The second kappa shape index (κ2) is 9.17. The maximum Gasteiger partial charge on any atom is 0.227 e. The number of hydrogen-bond acceptors (Lipinski definition) is 7. The van der Waals surface area contributed by atoms with E-state index in [9.17, 15) is 4.79 Å². The second-order valence-electron chi connectivity index (χ2n) is 9.07. The molecule has 0 amide bonds. The Morgan fingerprint density at radius 2 is 2.06 bits per heavy atom. The first-order valence-electron chi connectivity index (χ1n) is 11.3. The summed E-state index contributed by atoms with van der Waals surface area (Å²) in [4.78, 5) is 18.1. The molecule has 1 aromatic heterocycles. The lowest BCUT2D eigenvalue weighted by atomic mass is 9.73. The van der Waals surface area contributed by atoms with Crippen LogP contribution in [0.25, 0.3) is 0 Å².